The fourth-order valence-corrected chi connectivity index (χ4v) is 4.68. The Kier molecular flexibility index (Phi) is 5.81. The predicted octanol–water partition coefficient (Wildman–Crippen LogP) is 4.40. The summed E-state index contributed by atoms with van der Waals surface area (Å²) < 4.78 is 5.16. The molecule has 0 aliphatic carbocycles. The lowest BCUT2D eigenvalue weighted by Gasteiger charge is -2.49. The highest BCUT2D eigenvalue weighted by Crippen LogP contribution is 2.35. The van der Waals surface area contributed by atoms with Gasteiger partial charge in [0.1, 0.15) is 5.75 Å². The van der Waals surface area contributed by atoms with Crippen LogP contribution in [0.3, 0.4) is 0 Å². The van der Waals surface area contributed by atoms with E-state index in [4.69, 9.17) is 4.74 Å². The molecule has 0 radical (unpaired) electrons. The average Bonchev–Trinajstić information content (AvgIpc) is 2.70. The molecule has 0 spiro atoms. The minimum atomic E-state index is -0.121. The standard InChI is InChI=1S/C23H29N3O2/c1-28-22-12-10-18(11-13-22)24-23(27)25-19-14-20-8-5-9-21(15-19)26(20)16-17-6-3-2-4-7-17/h2-4,6-7,10-13,19-21H,5,8-9,14-16H2,1H3,(H2,24,25,27)/t20-,21-/m1/s1. The first kappa shape index (κ1) is 18.8. The first-order chi connectivity index (χ1) is 13.7. The molecular formula is C23H29N3O2. The zero-order valence-corrected chi connectivity index (χ0v) is 16.4. The fraction of sp³-hybridized carbons (Fsp3) is 0.435. The number of fused-ring (bicyclic) bond motifs is 2. The molecule has 5 heteroatoms. The van der Waals surface area contributed by atoms with E-state index in [0.717, 1.165) is 30.8 Å². The summed E-state index contributed by atoms with van der Waals surface area (Å²) in [5, 5.41) is 6.14. The second kappa shape index (κ2) is 8.65. The van der Waals surface area contributed by atoms with Crippen LogP contribution in [0.5, 0.6) is 5.75 Å². The summed E-state index contributed by atoms with van der Waals surface area (Å²) >= 11 is 0. The Morgan fingerprint density at radius 1 is 1.04 bits per heavy atom. The number of carbonyl (C=O) groups is 1. The monoisotopic (exact) mass is 379 g/mol. The van der Waals surface area contributed by atoms with Gasteiger partial charge in [-0.1, -0.05) is 36.8 Å². The van der Waals surface area contributed by atoms with E-state index in [2.05, 4.69) is 45.9 Å². The third-order valence-corrected chi connectivity index (χ3v) is 6.02. The molecule has 2 aliphatic heterocycles. The minimum Gasteiger partial charge on any atom is -0.497 e. The van der Waals surface area contributed by atoms with Crippen LogP contribution in [-0.2, 0) is 6.54 Å². The summed E-state index contributed by atoms with van der Waals surface area (Å²) in [5.74, 6) is 0.782. The zero-order chi connectivity index (χ0) is 19.3. The average molecular weight is 380 g/mol. The van der Waals surface area contributed by atoms with Crippen molar-refractivity contribution in [3.05, 3.63) is 60.2 Å². The van der Waals surface area contributed by atoms with Gasteiger partial charge in [0.2, 0.25) is 0 Å². The Labute approximate surface area is 167 Å². The maximum Gasteiger partial charge on any atom is 0.319 e. The molecule has 0 aromatic heterocycles. The lowest BCUT2D eigenvalue weighted by atomic mass is 9.81. The second-order valence-corrected chi connectivity index (χ2v) is 7.89. The van der Waals surface area contributed by atoms with Crippen molar-refractivity contribution < 1.29 is 9.53 Å². The number of anilines is 1. The normalized spacial score (nSPS) is 24.4. The van der Waals surface area contributed by atoms with Gasteiger partial charge in [-0.2, -0.15) is 0 Å². The highest BCUT2D eigenvalue weighted by atomic mass is 16.5. The van der Waals surface area contributed by atoms with Gasteiger partial charge < -0.3 is 15.4 Å². The molecule has 28 heavy (non-hydrogen) atoms. The van der Waals surface area contributed by atoms with Crippen LogP contribution >= 0.6 is 0 Å². The number of benzene rings is 2. The SMILES string of the molecule is COc1ccc(NC(=O)NC2C[C@H]3CCC[C@H](C2)N3Cc2ccccc2)cc1. The maximum atomic E-state index is 12.5. The highest BCUT2D eigenvalue weighted by molar-refractivity contribution is 5.89. The quantitative estimate of drug-likeness (QED) is 0.809. The van der Waals surface area contributed by atoms with Gasteiger partial charge in [-0.25, -0.2) is 4.79 Å². The van der Waals surface area contributed by atoms with E-state index < -0.39 is 0 Å². The Bertz CT molecular complexity index is 764. The molecule has 2 aromatic rings. The molecule has 148 valence electrons. The Balaban J connectivity index is 1.33. The van der Waals surface area contributed by atoms with E-state index in [1.165, 1.54) is 24.8 Å². The molecule has 0 saturated carbocycles. The van der Waals surface area contributed by atoms with Crippen molar-refractivity contribution in [2.24, 2.45) is 0 Å². The third-order valence-electron chi connectivity index (χ3n) is 6.02. The number of carbonyl (C=O) groups excluding carboxylic acids is 1. The van der Waals surface area contributed by atoms with Crippen molar-refractivity contribution in [3.8, 4) is 5.75 Å². The fourth-order valence-electron chi connectivity index (χ4n) is 4.68. The van der Waals surface area contributed by atoms with Crippen LogP contribution in [0.2, 0.25) is 0 Å². The Morgan fingerprint density at radius 3 is 2.36 bits per heavy atom. The van der Waals surface area contributed by atoms with Crippen molar-refractivity contribution in [1.29, 1.82) is 0 Å². The molecule has 2 N–H and O–H groups in total. The maximum absolute atomic E-state index is 12.5. The number of amides is 2. The number of piperidine rings is 2. The number of methoxy groups -OCH3 is 1. The van der Waals surface area contributed by atoms with Crippen LogP contribution in [0, 0.1) is 0 Å². The van der Waals surface area contributed by atoms with Crippen LogP contribution in [0.4, 0.5) is 10.5 Å². The largest absolute Gasteiger partial charge is 0.497 e. The lowest BCUT2D eigenvalue weighted by molar-refractivity contribution is 0.0200. The van der Waals surface area contributed by atoms with E-state index >= 15 is 0 Å². The molecule has 2 aromatic carbocycles. The lowest BCUT2D eigenvalue weighted by Crippen LogP contribution is -2.56. The number of hydrogen-bond donors (Lipinski definition) is 2. The van der Waals surface area contributed by atoms with Gasteiger partial charge in [-0.3, -0.25) is 4.90 Å². The van der Waals surface area contributed by atoms with Crippen LogP contribution in [0.15, 0.2) is 54.6 Å². The molecule has 4 rings (SSSR count). The van der Waals surface area contributed by atoms with Crippen LogP contribution in [-0.4, -0.2) is 36.2 Å². The zero-order valence-electron chi connectivity index (χ0n) is 16.4. The number of ether oxygens (including phenoxy) is 1. The number of hydrogen-bond acceptors (Lipinski definition) is 3. The molecule has 2 fully saturated rings. The number of nitrogens with one attached hydrogen (secondary N) is 2. The number of rotatable bonds is 5. The van der Waals surface area contributed by atoms with Crippen molar-refractivity contribution in [3.63, 3.8) is 0 Å². The van der Waals surface area contributed by atoms with Crippen LogP contribution in [0.25, 0.3) is 0 Å². The topological polar surface area (TPSA) is 53.6 Å². The van der Waals surface area contributed by atoms with E-state index in [1.807, 2.05) is 24.3 Å². The Hall–Kier alpha value is -2.53. The van der Waals surface area contributed by atoms with E-state index in [9.17, 15) is 4.79 Å². The van der Waals surface area contributed by atoms with Crippen LogP contribution < -0.4 is 15.4 Å². The molecule has 5 nitrogen and oxygen atoms in total. The summed E-state index contributed by atoms with van der Waals surface area (Å²) in [5.41, 5.74) is 2.16. The van der Waals surface area contributed by atoms with Gasteiger partial charge in [0.15, 0.2) is 0 Å². The second-order valence-electron chi connectivity index (χ2n) is 7.89. The molecule has 2 atom stereocenters. The molecular weight excluding hydrogens is 350 g/mol. The van der Waals surface area contributed by atoms with Gasteiger partial charge in [0.25, 0.3) is 0 Å². The third kappa shape index (κ3) is 4.47. The molecule has 2 saturated heterocycles. The summed E-state index contributed by atoms with van der Waals surface area (Å²) in [6.45, 7) is 1.01. The molecule has 2 bridgehead atoms. The number of nitrogens with zero attached hydrogens (tertiary/aromatic N) is 1. The first-order valence-corrected chi connectivity index (χ1v) is 10.2. The van der Waals surface area contributed by atoms with Crippen molar-refractivity contribution >= 4 is 11.7 Å². The summed E-state index contributed by atoms with van der Waals surface area (Å²) in [6.07, 6.45) is 5.80. The first-order valence-electron chi connectivity index (χ1n) is 10.2. The minimum absolute atomic E-state index is 0.121. The smallest absolute Gasteiger partial charge is 0.319 e. The Morgan fingerprint density at radius 2 is 1.71 bits per heavy atom. The van der Waals surface area contributed by atoms with Gasteiger partial charge in [0, 0.05) is 30.4 Å². The summed E-state index contributed by atoms with van der Waals surface area (Å²) in [7, 11) is 1.64. The highest BCUT2D eigenvalue weighted by Gasteiger charge is 2.38. The van der Waals surface area contributed by atoms with Crippen LogP contribution in [0.1, 0.15) is 37.7 Å². The summed E-state index contributed by atoms with van der Waals surface area (Å²) in [6, 6.07) is 19.4. The van der Waals surface area contributed by atoms with Gasteiger partial charge in [0.05, 0.1) is 7.11 Å². The van der Waals surface area contributed by atoms with E-state index in [1.54, 1.807) is 7.11 Å². The number of urea groups is 1. The van der Waals surface area contributed by atoms with Crippen molar-refractivity contribution in [1.82, 2.24) is 10.2 Å². The summed E-state index contributed by atoms with van der Waals surface area (Å²) in [4.78, 5) is 15.1. The van der Waals surface area contributed by atoms with Gasteiger partial charge in [-0.15, -0.1) is 0 Å². The predicted molar refractivity (Wildman–Crippen MR) is 112 cm³/mol. The van der Waals surface area contributed by atoms with Crippen molar-refractivity contribution in [2.45, 2.75) is 56.8 Å². The molecule has 2 heterocycles. The van der Waals surface area contributed by atoms with E-state index in [0.29, 0.717) is 12.1 Å². The van der Waals surface area contributed by atoms with Gasteiger partial charge >= 0.3 is 6.03 Å². The van der Waals surface area contributed by atoms with E-state index in [-0.39, 0.29) is 12.1 Å². The van der Waals surface area contributed by atoms with Gasteiger partial charge in [-0.05, 0) is 55.5 Å². The molecule has 2 aliphatic rings. The van der Waals surface area contributed by atoms with Crippen molar-refractivity contribution in [2.75, 3.05) is 12.4 Å². The molecule has 0 unspecified atom stereocenters. The molecule has 2 amide bonds.